The van der Waals surface area contributed by atoms with Crippen molar-refractivity contribution in [2.75, 3.05) is 23.7 Å². The zero-order chi connectivity index (χ0) is 28.2. The molecule has 0 unspecified atom stereocenters. The smallest absolute Gasteiger partial charge is 0.255 e. The molecule has 40 heavy (non-hydrogen) atoms. The number of aryl methyl sites for hydroxylation is 3. The predicted molar refractivity (Wildman–Crippen MR) is 160 cm³/mol. The van der Waals surface area contributed by atoms with E-state index in [1.54, 1.807) is 11.1 Å². The molecule has 0 aliphatic carbocycles. The van der Waals surface area contributed by atoms with Crippen LogP contribution in [-0.4, -0.2) is 51.0 Å². The number of nitrogens with one attached hydrogen (secondary N) is 3. The van der Waals surface area contributed by atoms with Crippen molar-refractivity contribution in [3.05, 3.63) is 95.2 Å². The highest BCUT2D eigenvalue weighted by Crippen LogP contribution is 2.27. The van der Waals surface area contributed by atoms with Crippen LogP contribution in [0.3, 0.4) is 0 Å². The molecule has 1 aliphatic heterocycles. The number of hydrogen-bond acceptors (Lipinski definition) is 5. The average Bonchev–Trinajstić information content (AvgIpc) is 3.59. The van der Waals surface area contributed by atoms with Gasteiger partial charge in [-0.05, 0) is 90.8 Å². The molecule has 0 saturated carbocycles. The van der Waals surface area contributed by atoms with E-state index in [0.29, 0.717) is 24.6 Å². The Morgan fingerprint density at radius 1 is 1.18 bits per heavy atom. The first-order chi connectivity index (χ1) is 19.3. The predicted octanol–water partition coefficient (Wildman–Crippen LogP) is 5.63. The Hall–Kier alpha value is -4.46. The lowest BCUT2D eigenvalue weighted by atomic mass is 9.97. The zero-order valence-electron chi connectivity index (χ0n) is 23.3. The highest BCUT2D eigenvalue weighted by atomic mass is 16.2. The van der Waals surface area contributed by atoms with Gasteiger partial charge in [-0.1, -0.05) is 38.6 Å². The van der Waals surface area contributed by atoms with Gasteiger partial charge in [0.1, 0.15) is 0 Å². The molecule has 4 aromatic rings. The van der Waals surface area contributed by atoms with Crippen LogP contribution in [0.2, 0.25) is 0 Å². The fraction of sp³-hybridized carbons (Fsp3) is 0.312. The fourth-order valence-corrected chi connectivity index (χ4v) is 5.48. The van der Waals surface area contributed by atoms with Crippen molar-refractivity contribution in [2.24, 2.45) is 0 Å². The van der Waals surface area contributed by atoms with Gasteiger partial charge in [-0.2, -0.15) is 5.10 Å². The molecule has 0 radical (unpaired) electrons. The van der Waals surface area contributed by atoms with E-state index in [1.807, 2.05) is 36.4 Å². The van der Waals surface area contributed by atoms with Crippen LogP contribution in [0.4, 0.5) is 11.5 Å². The van der Waals surface area contributed by atoms with Gasteiger partial charge in [-0.25, -0.2) is 4.98 Å². The minimum atomic E-state index is -0.119. The third-order valence-corrected chi connectivity index (χ3v) is 7.58. The van der Waals surface area contributed by atoms with Crippen molar-refractivity contribution in [1.82, 2.24) is 20.1 Å². The third-order valence-electron chi connectivity index (χ3n) is 7.58. The number of pyridine rings is 1. The zero-order valence-corrected chi connectivity index (χ0v) is 23.3. The Balaban J connectivity index is 1.27. The minimum absolute atomic E-state index is 0.0476. The summed E-state index contributed by atoms with van der Waals surface area (Å²) in [5, 5.41) is 15.0. The van der Waals surface area contributed by atoms with E-state index in [-0.39, 0.29) is 17.9 Å². The molecule has 8 nitrogen and oxygen atoms in total. The molecule has 5 rings (SSSR count). The van der Waals surface area contributed by atoms with Crippen LogP contribution in [0.15, 0.2) is 67.4 Å². The summed E-state index contributed by atoms with van der Waals surface area (Å²) in [6, 6.07) is 16.0. The van der Waals surface area contributed by atoms with E-state index in [9.17, 15) is 9.59 Å². The number of fused-ring (bicyclic) bond motifs is 1. The molecule has 1 atom stereocenters. The number of carbonyl (C=O) groups is 2. The molecule has 2 aromatic carbocycles. The van der Waals surface area contributed by atoms with E-state index < -0.39 is 0 Å². The van der Waals surface area contributed by atoms with Crippen LogP contribution >= 0.6 is 0 Å². The normalized spacial score (nSPS) is 15.0. The Morgan fingerprint density at radius 2 is 2.02 bits per heavy atom. The maximum atomic E-state index is 13.0. The van der Waals surface area contributed by atoms with Gasteiger partial charge in [0.25, 0.3) is 5.91 Å². The van der Waals surface area contributed by atoms with Gasteiger partial charge in [0.2, 0.25) is 5.91 Å². The molecule has 0 bridgehead atoms. The number of amides is 2. The number of likely N-dealkylation sites (tertiary alicyclic amines) is 1. The number of aromatic amines is 1. The second kappa shape index (κ2) is 11.7. The summed E-state index contributed by atoms with van der Waals surface area (Å²) in [6.07, 6.45) is 5.52. The lowest BCUT2D eigenvalue weighted by Gasteiger charge is -2.15. The van der Waals surface area contributed by atoms with Gasteiger partial charge >= 0.3 is 0 Å². The Morgan fingerprint density at radius 3 is 2.80 bits per heavy atom. The van der Waals surface area contributed by atoms with Crippen LogP contribution in [0.1, 0.15) is 58.8 Å². The van der Waals surface area contributed by atoms with E-state index in [4.69, 9.17) is 0 Å². The molecule has 3 N–H and O–H groups in total. The van der Waals surface area contributed by atoms with Crippen molar-refractivity contribution in [3.63, 3.8) is 0 Å². The Bertz CT molecular complexity index is 1560. The summed E-state index contributed by atoms with van der Waals surface area (Å²) in [5.74, 6) is 1.03. The topological polar surface area (TPSA) is 103 Å². The van der Waals surface area contributed by atoms with Gasteiger partial charge in [-0.3, -0.25) is 14.7 Å². The molecular formula is C32H36N6O2. The highest BCUT2D eigenvalue weighted by molar-refractivity contribution is 6.04. The number of aromatic nitrogens is 3. The number of anilines is 2. The second-order valence-corrected chi connectivity index (χ2v) is 10.8. The minimum Gasteiger partial charge on any atom is -0.363 e. The molecule has 206 valence electrons. The Kier molecular flexibility index (Phi) is 7.96. The SMILES string of the molecule is C=CC(=O)N1CC[C@@H](Nc2n[nH]c3nccc(CCc4cccc(C(=O)Nc5ccc(C(C)C)c(C)c5)c4)c23)C1. The summed E-state index contributed by atoms with van der Waals surface area (Å²) in [7, 11) is 0. The molecule has 8 heteroatoms. The van der Waals surface area contributed by atoms with Crippen LogP contribution in [0.25, 0.3) is 11.0 Å². The van der Waals surface area contributed by atoms with Crippen LogP contribution in [0.5, 0.6) is 0 Å². The van der Waals surface area contributed by atoms with Gasteiger partial charge in [0.15, 0.2) is 11.5 Å². The lowest BCUT2D eigenvalue weighted by molar-refractivity contribution is -0.125. The second-order valence-electron chi connectivity index (χ2n) is 10.8. The molecule has 1 fully saturated rings. The van der Waals surface area contributed by atoms with Gasteiger partial charge in [0, 0.05) is 36.6 Å². The first kappa shape index (κ1) is 27.1. The summed E-state index contributed by atoms with van der Waals surface area (Å²) in [6.45, 7) is 11.3. The summed E-state index contributed by atoms with van der Waals surface area (Å²) >= 11 is 0. The summed E-state index contributed by atoms with van der Waals surface area (Å²) < 4.78 is 0. The van der Waals surface area contributed by atoms with E-state index >= 15 is 0 Å². The molecule has 2 amide bonds. The highest BCUT2D eigenvalue weighted by Gasteiger charge is 2.26. The third kappa shape index (κ3) is 5.91. The fourth-order valence-electron chi connectivity index (χ4n) is 5.48. The lowest BCUT2D eigenvalue weighted by Crippen LogP contribution is -2.30. The Labute approximate surface area is 234 Å². The van der Waals surface area contributed by atoms with Crippen molar-refractivity contribution in [3.8, 4) is 0 Å². The van der Waals surface area contributed by atoms with Crippen molar-refractivity contribution in [1.29, 1.82) is 0 Å². The van der Waals surface area contributed by atoms with Crippen LogP contribution in [-0.2, 0) is 17.6 Å². The van der Waals surface area contributed by atoms with Gasteiger partial charge < -0.3 is 15.5 Å². The van der Waals surface area contributed by atoms with Gasteiger partial charge in [0.05, 0.1) is 5.39 Å². The molecule has 2 aromatic heterocycles. The first-order valence-corrected chi connectivity index (χ1v) is 13.8. The molecule has 3 heterocycles. The molecule has 0 spiro atoms. The van der Waals surface area contributed by atoms with E-state index in [0.717, 1.165) is 52.9 Å². The van der Waals surface area contributed by atoms with Crippen molar-refractivity contribution in [2.45, 2.75) is 52.0 Å². The first-order valence-electron chi connectivity index (χ1n) is 13.8. The number of benzene rings is 2. The number of carbonyl (C=O) groups excluding carboxylic acids is 2. The van der Waals surface area contributed by atoms with E-state index in [1.165, 1.54) is 17.2 Å². The largest absolute Gasteiger partial charge is 0.363 e. The van der Waals surface area contributed by atoms with Crippen LogP contribution < -0.4 is 10.6 Å². The molecular weight excluding hydrogens is 500 g/mol. The monoisotopic (exact) mass is 536 g/mol. The number of nitrogens with zero attached hydrogens (tertiary/aromatic N) is 3. The molecule has 1 aliphatic rings. The summed E-state index contributed by atoms with van der Waals surface area (Å²) in [5.41, 5.74) is 6.82. The maximum Gasteiger partial charge on any atom is 0.255 e. The van der Waals surface area contributed by atoms with Crippen molar-refractivity contribution >= 4 is 34.4 Å². The average molecular weight is 537 g/mol. The van der Waals surface area contributed by atoms with Crippen LogP contribution in [0, 0.1) is 6.92 Å². The standard InChI is InChI=1S/C32H36N6O2/c1-5-28(39)38-16-14-26(19-38)34-31-29-23(13-15-33-30(29)36-37-31)10-9-22-7-6-8-24(18-22)32(40)35-25-11-12-27(20(2)3)21(4)17-25/h5-8,11-13,15,17-18,20,26H,1,9-10,14,16,19H2,2-4H3,(H,35,40)(H2,33,34,36,37)/t26-/m1/s1. The van der Waals surface area contributed by atoms with Crippen molar-refractivity contribution < 1.29 is 9.59 Å². The molecule has 1 saturated heterocycles. The maximum absolute atomic E-state index is 13.0. The number of hydrogen-bond donors (Lipinski definition) is 3. The van der Waals surface area contributed by atoms with Gasteiger partial charge in [-0.15, -0.1) is 0 Å². The quantitative estimate of drug-likeness (QED) is 0.241. The number of rotatable bonds is 9. The summed E-state index contributed by atoms with van der Waals surface area (Å²) in [4.78, 5) is 31.3. The van der Waals surface area contributed by atoms with E-state index in [2.05, 4.69) is 65.3 Å². The number of H-pyrrole nitrogens is 1.